The maximum absolute atomic E-state index is 11.3. The van der Waals surface area contributed by atoms with Crippen molar-refractivity contribution in [2.75, 3.05) is 6.61 Å². The average molecular weight is 226 g/mol. The zero-order valence-corrected chi connectivity index (χ0v) is 11.0. The van der Waals surface area contributed by atoms with E-state index in [0.717, 1.165) is 11.8 Å². The third kappa shape index (κ3) is 5.00. The largest absolute Gasteiger partial charge is 0.466 e. The molecule has 0 aromatic rings. The first kappa shape index (κ1) is 13.5. The highest BCUT2D eigenvalue weighted by molar-refractivity contribution is 5.69. The minimum Gasteiger partial charge on any atom is -0.466 e. The molecule has 2 nitrogen and oxygen atoms in total. The van der Waals surface area contributed by atoms with Crippen LogP contribution in [0.2, 0.25) is 0 Å². The number of hydrogen-bond acceptors (Lipinski definition) is 2. The molecule has 0 heterocycles. The van der Waals surface area contributed by atoms with Gasteiger partial charge in [-0.2, -0.15) is 0 Å². The van der Waals surface area contributed by atoms with Crippen LogP contribution in [0, 0.1) is 17.8 Å². The van der Waals surface area contributed by atoms with Crippen molar-refractivity contribution >= 4 is 5.97 Å². The van der Waals surface area contributed by atoms with Gasteiger partial charge in [0.1, 0.15) is 0 Å². The maximum atomic E-state index is 11.3. The molecule has 1 saturated carbocycles. The molecule has 0 saturated heterocycles. The van der Waals surface area contributed by atoms with Crippen molar-refractivity contribution < 1.29 is 9.53 Å². The third-order valence-corrected chi connectivity index (χ3v) is 3.53. The average Bonchev–Trinajstić information content (AvgIpc) is 2.20. The molecule has 0 spiro atoms. The molecule has 0 N–H and O–H groups in total. The molecule has 0 aliphatic heterocycles. The van der Waals surface area contributed by atoms with Crippen LogP contribution in [0.25, 0.3) is 0 Å². The van der Waals surface area contributed by atoms with Gasteiger partial charge in [-0.25, -0.2) is 0 Å². The minimum atomic E-state index is -0.00481. The van der Waals surface area contributed by atoms with Crippen molar-refractivity contribution in [1.29, 1.82) is 0 Å². The van der Waals surface area contributed by atoms with Crippen molar-refractivity contribution in [1.82, 2.24) is 0 Å². The summed E-state index contributed by atoms with van der Waals surface area (Å²) in [6.45, 7) is 6.98. The Bertz CT molecular complexity index is 203. The van der Waals surface area contributed by atoms with E-state index in [1.54, 1.807) is 0 Å². The van der Waals surface area contributed by atoms with Gasteiger partial charge in [-0.1, -0.05) is 26.7 Å². The van der Waals surface area contributed by atoms with E-state index in [4.69, 9.17) is 4.74 Å². The summed E-state index contributed by atoms with van der Waals surface area (Å²) in [6, 6.07) is 0. The fraction of sp³-hybridized carbons (Fsp3) is 0.929. The van der Waals surface area contributed by atoms with E-state index >= 15 is 0 Å². The summed E-state index contributed by atoms with van der Waals surface area (Å²) in [4.78, 5) is 11.3. The lowest BCUT2D eigenvalue weighted by atomic mass is 9.77. The van der Waals surface area contributed by atoms with Crippen molar-refractivity contribution in [2.45, 2.75) is 59.3 Å². The summed E-state index contributed by atoms with van der Waals surface area (Å²) in [5.41, 5.74) is 0. The Hall–Kier alpha value is -0.530. The van der Waals surface area contributed by atoms with E-state index in [9.17, 15) is 4.79 Å². The second-order valence-corrected chi connectivity index (χ2v) is 5.53. The van der Waals surface area contributed by atoms with E-state index in [1.165, 1.54) is 32.1 Å². The minimum absolute atomic E-state index is 0.00481. The molecular formula is C14H26O2. The van der Waals surface area contributed by atoms with Gasteiger partial charge >= 0.3 is 5.97 Å². The molecule has 0 atom stereocenters. The van der Waals surface area contributed by atoms with Gasteiger partial charge < -0.3 is 4.74 Å². The van der Waals surface area contributed by atoms with Crippen LogP contribution in [-0.4, -0.2) is 12.6 Å². The Morgan fingerprint density at radius 2 is 1.75 bits per heavy atom. The highest BCUT2D eigenvalue weighted by Gasteiger charge is 2.23. The summed E-state index contributed by atoms with van der Waals surface area (Å²) in [7, 11) is 0. The molecule has 2 heteroatoms. The first-order valence-corrected chi connectivity index (χ1v) is 6.77. The van der Waals surface area contributed by atoms with E-state index in [-0.39, 0.29) is 5.97 Å². The van der Waals surface area contributed by atoms with Crippen molar-refractivity contribution in [2.24, 2.45) is 17.8 Å². The van der Waals surface area contributed by atoms with Crippen LogP contribution in [0.3, 0.4) is 0 Å². The number of carbonyl (C=O) groups excluding carboxylic acids is 1. The van der Waals surface area contributed by atoms with Crippen LogP contribution in [0.1, 0.15) is 59.3 Å². The number of carbonyl (C=O) groups is 1. The Morgan fingerprint density at radius 3 is 2.25 bits per heavy atom. The van der Waals surface area contributed by atoms with Crippen LogP contribution in [0.4, 0.5) is 0 Å². The molecule has 1 aliphatic rings. The van der Waals surface area contributed by atoms with Crippen molar-refractivity contribution in [3.63, 3.8) is 0 Å². The smallest absolute Gasteiger partial charge is 0.306 e. The monoisotopic (exact) mass is 226 g/mol. The zero-order valence-electron chi connectivity index (χ0n) is 11.0. The van der Waals surface area contributed by atoms with Gasteiger partial charge in [0.2, 0.25) is 0 Å². The van der Waals surface area contributed by atoms with Gasteiger partial charge in [-0.3, -0.25) is 4.79 Å². The lowest BCUT2D eigenvalue weighted by Crippen LogP contribution is -2.19. The van der Waals surface area contributed by atoms with E-state index in [2.05, 4.69) is 13.8 Å². The summed E-state index contributed by atoms with van der Waals surface area (Å²) < 4.78 is 5.00. The van der Waals surface area contributed by atoms with Gasteiger partial charge in [-0.15, -0.1) is 0 Å². The van der Waals surface area contributed by atoms with Crippen LogP contribution in [0.15, 0.2) is 0 Å². The summed E-state index contributed by atoms with van der Waals surface area (Å²) in [5.74, 6) is 2.29. The highest BCUT2D eigenvalue weighted by atomic mass is 16.5. The predicted molar refractivity (Wildman–Crippen MR) is 66.2 cm³/mol. The summed E-state index contributed by atoms with van der Waals surface area (Å²) in [5, 5.41) is 0. The molecule has 0 aromatic carbocycles. The molecule has 16 heavy (non-hydrogen) atoms. The third-order valence-electron chi connectivity index (χ3n) is 3.53. The zero-order chi connectivity index (χ0) is 12.0. The van der Waals surface area contributed by atoms with Crippen LogP contribution in [-0.2, 0) is 9.53 Å². The Kier molecular flexibility index (Phi) is 5.86. The molecule has 0 bridgehead atoms. The summed E-state index contributed by atoms with van der Waals surface area (Å²) >= 11 is 0. The van der Waals surface area contributed by atoms with Gasteiger partial charge in [0.25, 0.3) is 0 Å². The Morgan fingerprint density at radius 1 is 1.19 bits per heavy atom. The Labute approximate surface area is 99.8 Å². The van der Waals surface area contributed by atoms with Gasteiger partial charge in [-0.05, 0) is 43.9 Å². The molecule has 0 amide bonds. The fourth-order valence-electron chi connectivity index (χ4n) is 2.79. The molecule has 0 unspecified atom stereocenters. The second kappa shape index (κ2) is 6.93. The van der Waals surface area contributed by atoms with E-state index in [1.807, 2.05) is 6.92 Å². The van der Waals surface area contributed by atoms with E-state index in [0.29, 0.717) is 18.9 Å². The number of esters is 1. The Balaban J connectivity index is 2.19. The predicted octanol–water partition coefficient (Wildman–Crippen LogP) is 3.79. The van der Waals surface area contributed by atoms with Gasteiger partial charge in [0.15, 0.2) is 0 Å². The molecule has 1 rings (SSSR count). The fourth-order valence-corrected chi connectivity index (χ4v) is 2.79. The molecule has 0 radical (unpaired) electrons. The highest BCUT2D eigenvalue weighted by Crippen LogP contribution is 2.34. The number of rotatable bonds is 5. The van der Waals surface area contributed by atoms with Crippen LogP contribution >= 0.6 is 0 Å². The number of ether oxygens (including phenoxy) is 1. The first-order valence-electron chi connectivity index (χ1n) is 6.77. The van der Waals surface area contributed by atoms with Crippen molar-refractivity contribution in [3.05, 3.63) is 0 Å². The summed E-state index contributed by atoms with van der Waals surface area (Å²) in [6.07, 6.45) is 7.05. The van der Waals surface area contributed by atoms with Crippen LogP contribution in [0.5, 0.6) is 0 Å². The standard InChI is InChI=1S/C14H26O2/c1-4-16-14(15)10-13-7-5-12(6-8-13)9-11(2)3/h11-13H,4-10H2,1-3H3/t12-,13-. The normalized spacial score (nSPS) is 25.8. The maximum Gasteiger partial charge on any atom is 0.306 e. The molecule has 94 valence electrons. The first-order chi connectivity index (χ1) is 7.61. The van der Waals surface area contributed by atoms with E-state index < -0.39 is 0 Å². The second-order valence-electron chi connectivity index (χ2n) is 5.53. The SMILES string of the molecule is CCOC(=O)C[C@H]1CC[C@H](CC(C)C)CC1. The quantitative estimate of drug-likeness (QED) is 0.667. The topological polar surface area (TPSA) is 26.3 Å². The number of hydrogen-bond donors (Lipinski definition) is 0. The van der Waals surface area contributed by atoms with Gasteiger partial charge in [0, 0.05) is 6.42 Å². The molecule has 1 fully saturated rings. The van der Waals surface area contributed by atoms with Crippen LogP contribution < -0.4 is 0 Å². The molecule has 0 aromatic heterocycles. The van der Waals surface area contributed by atoms with Crippen molar-refractivity contribution in [3.8, 4) is 0 Å². The molecule has 1 aliphatic carbocycles. The lowest BCUT2D eigenvalue weighted by molar-refractivity contribution is -0.144. The lowest BCUT2D eigenvalue weighted by Gasteiger charge is -2.28. The molecular weight excluding hydrogens is 200 g/mol. The van der Waals surface area contributed by atoms with Gasteiger partial charge in [0.05, 0.1) is 6.61 Å².